The van der Waals surface area contributed by atoms with Gasteiger partial charge in [0.2, 0.25) is 0 Å². The second kappa shape index (κ2) is 6.34. The Morgan fingerprint density at radius 3 is 2.80 bits per heavy atom. The molecule has 6 heteroatoms. The molecule has 0 saturated carbocycles. The summed E-state index contributed by atoms with van der Waals surface area (Å²) in [6, 6.07) is 6.45. The first kappa shape index (κ1) is 19.6. The van der Waals surface area contributed by atoms with Crippen LogP contribution < -0.4 is 4.74 Å². The summed E-state index contributed by atoms with van der Waals surface area (Å²) in [7, 11) is 7.56. The summed E-state index contributed by atoms with van der Waals surface area (Å²) < 4.78 is 14.1. The van der Waals surface area contributed by atoms with Gasteiger partial charge in [-0.1, -0.05) is 18.2 Å². The molecule has 0 radical (unpaired) electrons. The number of ether oxygens (including phenoxy) is 2. The van der Waals surface area contributed by atoms with Crippen LogP contribution in [0.25, 0.3) is 10.9 Å². The van der Waals surface area contributed by atoms with E-state index >= 15 is 0 Å². The number of likely N-dealkylation sites (N-methyl/N-ethyl adjacent to an activating group) is 1. The molecule has 4 bridgehead atoms. The van der Waals surface area contributed by atoms with Crippen LogP contribution in [0.3, 0.4) is 0 Å². The second-order valence-corrected chi connectivity index (χ2v) is 9.36. The van der Waals surface area contributed by atoms with E-state index in [1.54, 1.807) is 7.11 Å². The molecular formula is C24H31N2O4+. The molecule has 3 fully saturated rings. The minimum atomic E-state index is -0.904. The lowest BCUT2D eigenvalue weighted by atomic mass is 9.54. The molecule has 1 N–H and O–H groups in total. The first-order valence-electron chi connectivity index (χ1n) is 10.7. The van der Waals surface area contributed by atoms with Crippen molar-refractivity contribution >= 4 is 16.9 Å². The number of rotatable bonds is 3. The molecule has 30 heavy (non-hydrogen) atoms. The summed E-state index contributed by atoms with van der Waals surface area (Å²) in [6.07, 6.45) is 3.73. The number of quaternary nitrogens is 1. The average Bonchev–Trinajstić information content (AvgIpc) is 3.04. The van der Waals surface area contributed by atoms with Gasteiger partial charge < -0.3 is 23.6 Å². The Morgan fingerprint density at radius 2 is 2.17 bits per heavy atom. The minimum absolute atomic E-state index is 0.00274. The summed E-state index contributed by atoms with van der Waals surface area (Å²) in [6.45, 7) is 2.77. The van der Waals surface area contributed by atoms with Gasteiger partial charge in [-0.15, -0.1) is 0 Å². The van der Waals surface area contributed by atoms with Gasteiger partial charge in [0, 0.05) is 31.2 Å². The van der Waals surface area contributed by atoms with Crippen LogP contribution in [0.2, 0.25) is 0 Å². The average molecular weight is 412 g/mol. The predicted molar refractivity (Wildman–Crippen MR) is 114 cm³/mol. The number of esters is 1. The van der Waals surface area contributed by atoms with Crippen LogP contribution in [0.5, 0.6) is 5.75 Å². The first-order chi connectivity index (χ1) is 14.4. The van der Waals surface area contributed by atoms with Crippen molar-refractivity contribution < 1.29 is 23.9 Å². The highest BCUT2D eigenvalue weighted by atomic mass is 16.5. The standard InChI is InChI=1S/C24H31N2O4/c1-6-14-12-26(3)18-11-17(14)24(13-27,23(28)30-5)20(26)10-16-15-8-7-9-19(29-4)22(15)25(2)21(16)18/h6-9,17-18,20,27H,10-13H2,1-5H3/q+1. The Kier molecular flexibility index (Phi) is 4.15. The molecule has 4 aliphatic rings. The van der Waals surface area contributed by atoms with Crippen molar-refractivity contribution in [3.8, 4) is 5.75 Å². The lowest BCUT2D eigenvalue weighted by Crippen LogP contribution is -2.77. The zero-order valence-electron chi connectivity index (χ0n) is 18.4. The van der Waals surface area contributed by atoms with Crippen LogP contribution in [-0.4, -0.2) is 60.6 Å². The van der Waals surface area contributed by atoms with Crippen molar-refractivity contribution in [1.29, 1.82) is 0 Å². The van der Waals surface area contributed by atoms with Crippen LogP contribution in [0.15, 0.2) is 29.8 Å². The fraction of sp³-hybridized carbons (Fsp3) is 0.542. The number of aryl methyl sites for hydroxylation is 1. The highest BCUT2D eigenvalue weighted by Gasteiger charge is 2.72. The maximum atomic E-state index is 13.3. The SMILES string of the molecule is CC=C1C[N+]2(C)C3CC1C(CO)(C(=O)OC)C2Cc1c3n(C)c2c(OC)cccc12. The molecule has 2 aromatic rings. The summed E-state index contributed by atoms with van der Waals surface area (Å²) >= 11 is 0. The van der Waals surface area contributed by atoms with E-state index < -0.39 is 5.41 Å². The van der Waals surface area contributed by atoms with Crippen LogP contribution in [0, 0.1) is 11.3 Å². The number of hydrogen-bond donors (Lipinski definition) is 1. The van der Waals surface area contributed by atoms with Gasteiger partial charge >= 0.3 is 5.97 Å². The highest BCUT2D eigenvalue weighted by Crippen LogP contribution is 2.63. The summed E-state index contributed by atoms with van der Waals surface area (Å²) in [4.78, 5) is 13.3. The molecule has 1 aromatic heterocycles. The first-order valence-corrected chi connectivity index (χ1v) is 10.7. The van der Waals surface area contributed by atoms with Crippen LogP contribution in [-0.2, 0) is 23.0 Å². The van der Waals surface area contributed by atoms with Crippen LogP contribution in [0.4, 0.5) is 0 Å². The Hall–Kier alpha value is -2.31. The minimum Gasteiger partial charge on any atom is -0.495 e. The van der Waals surface area contributed by atoms with Gasteiger partial charge in [-0.05, 0) is 24.1 Å². The van der Waals surface area contributed by atoms with Gasteiger partial charge in [0.1, 0.15) is 29.8 Å². The number of carbonyl (C=O) groups is 1. The van der Waals surface area contributed by atoms with Crippen molar-refractivity contribution in [2.24, 2.45) is 18.4 Å². The number of allylic oxidation sites excluding steroid dienone is 1. The summed E-state index contributed by atoms with van der Waals surface area (Å²) in [5, 5.41) is 11.9. The Bertz CT molecular complexity index is 1090. The molecule has 5 heterocycles. The van der Waals surface area contributed by atoms with E-state index in [2.05, 4.69) is 30.8 Å². The van der Waals surface area contributed by atoms with Crippen molar-refractivity contribution in [2.45, 2.75) is 31.8 Å². The number of carbonyl (C=O) groups excluding carboxylic acids is 1. The molecule has 160 valence electrons. The lowest BCUT2D eigenvalue weighted by molar-refractivity contribution is -0.981. The molecule has 3 saturated heterocycles. The van der Waals surface area contributed by atoms with E-state index in [0.29, 0.717) is 0 Å². The smallest absolute Gasteiger partial charge is 0.320 e. The largest absolute Gasteiger partial charge is 0.495 e. The zero-order chi connectivity index (χ0) is 21.4. The summed E-state index contributed by atoms with van der Waals surface area (Å²) in [5.74, 6) is 0.600. The van der Waals surface area contributed by atoms with Crippen molar-refractivity contribution in [3.63, 3.8) is 0 Å². The number of aliphatic hydroxyl groups is 1. The van der Waals surface area contributed by atoms with E-state index in [-0.39, 0.29) is 30.6 Å². The Morgan fingerprint density at radius 1 is 1.40 bits per heavy atom. The van der Waals surface area contributed by atoms with E-state index in [9.17, 15) is 9.90 Å². The quantitative estimate of drug-likeness (QED) is 0.479. The maximum absolute atomic E-state index is 13.3. The van der Waals surface area contributed by atoms with Gasteiger partial charge in [-0.2, -0.15) is 0 Å². The van der Waals surface area contributed by atoms with Gasteiger partial charge in [0.05, 0.1) is 39.1 Å². The van der Waals surface area contributed by atoms with Gasteiger partial charge in [0.25, 0.3) is 0 Å². The molecule has 6 rings (SSSR count). The molecule has 1 aromatic carbocycles. The Balaban J connectivity index is 1.81. The Labute approximate surface area is 177 Å². The molecule has 6 nitrogen and oxygen atoms in total. The van der Waals surface area contributed by atoms with E-state index in [1.165, 1.54) is 29.3 Å². The van der Waals surface area contributed by atoms with Crippen LogP contribution >= 0.6 is 0 Å². The topological polar surface area (TPSA) is 60.7 Å². The molecule has 0 aliphatic carbocycles. The molecule has 4 aliphatic heterocycles. The van der Waals surface area contributed by atoms with Crippen molar-refractivity contribution in [1.82, 2.24) is 4.57 Å². The van der Waals surface area contributed by atoms with Gasteiger partial charge in [-0.3, -0.25) is 4.79 Å². The molecule has 5 atom stereocenters. The molecule has 0 amide bonds. The third kappa shape index (κ3) is 2.04. The maximum Gasteiger partial charge on any atom is 0.320 e. The number of methoxy groups -OCH3 is 2. The second-order valence-electron chi connectivity index (χ2n) is 9.36. The number of benzene rings is 1. The van der Waals surface area contributed by atoms with Crippen molar-refractivity contribution in [2.75, 3.05) is 34.4 Å². The molecular weight excluding hydrogens is 380 g/mol. The zero-order valence-corrected chi connectivity index (χ0v) is 18.4. The highest BCUT2D eigenvalue weighted by molar-refractivity contribution is 5.91. The number of aromatic nitrogens is 1. The van der Waals surface area contributed by atoms with Crippen LogP contribution in [0.1, 0.15) is 30.6 Å². The monoisotopic (exact) mass is 411 g/mol. The van der Waals surface area contributed by atoms with Gasteiger partial charge in [0.15, 0.2) is 0 Å². The molecule has 5 unspecified atom stereocenters. The third-order valence-corrected chi connectivity index (χ3v) is 8.53. The molecule has 0 spiro atoms. The lowest BCUT2D eigenvalue weighted by Gasteiger charge is -2.66. The van der Waals surface area contributed by atoms with E-state index in [1.807, 2.05) is 19.1 Å². The normalized spacial score (nSPS) is 35.5. The fourth-order valence-corrected chi connectivity index (χ4v) is 7.25. The summed E-state index contributed by atoms with van der Waals surface area (Å²) in [5.41, 5.74) is 4.12. The number of hydrogen-bond acceptors (Lipinski definition) is 4. The fourth-order valence-electron chi connectivity index (χ4n) is 7.25. The predicted octanol–water partition coefficient (Wildman–Crippen LogP) is 2.73. The van der Waals surface area contributed by atoms with Gasteiger partial charge in [-0.25, -0.2) is 0 Å². The number of nitrogens with zero attached hydrogens (tertiary/aromatic N) is 2. The number of piperidine rings is 3. The van der Waals surface area contributed by atoms with E-state index in [4.69, 9.17) is 9.47 Å². The number of fused-ring (bicyclic) bond motifs is 4. The third-order valence-electron chi connectivity index (χ3n) is 8.53. The van der Waals surface area contributed by atoms with E-state index in [0.717, 1.165) is 35.1 Å². The number of para-hydroxylation sites is 1. The van der Waals surface area contributed by atoms with Crippen molar-refractivity contribution in [3.05, 3.63) is 41.1 Å². The number of aliphatic hydroxyl groups excluding tert-OH is 1.